The van der Waals surface area contributed by atoms with Crippen molar-refractivity contribution in [3.05, 3.63) is 71.7 Å². The molecule has 0 saturated carbocycles. The number of ether oxygens (including phenoxy) is 2. The van der Waals surface area contributed by atoms with Crippen molar-refractivity contribution >= 4 is 16.8 Å². The van der Waals surface area contributed by atoms with Crippen molar-refractivity contribution in [3.8, 4) is 0 Å². The Labute approximate surface area is 175 Å². The number of aromatic nitrogens is 1. The fraction of sp³-hybridized carbons (Fsp3) is 0.375. The average Bonchev–Trinajstić information content (AvgIpc) is 3.44. The Bertz CT molecular complexity index is 1060. The number of fused-ring (bicyclic) bond motifs is 1. The molecule has 2 aromatic carbocycles. The van der Waals surface area contributed by atoms with E-state index >= 15 is 0 Å². The maximum Gasteiger partial charge on any atom is 0.270 e. The lowest BCUT2D eigenvalue weighted by molar-refractivity contribution is -0.0969. The van der Waals surface area contributed by atoms with Gasteiger partial charge in [0.15, 0.2) is 6.29 Å². The molecule has 156 valence electrons. The Morgan fingerprint density at radius 2 is 1.83 bits per heavy atom. The van der Waals surface area contributed by atoms with Gasteiger partial charge in [0.2, 0.25) is 0 Å². The number of piperidine rings is 1. The van der Waals surface area contributed by atoms with Gasteiger partial charge in [-0.25, -0.2) is 4.39 Å². The van der Waals surface area contributed by atoms with Crippen LogP contribution in [0, 0.1) is 11.7 Å². The van der Waals surface area contributed by atoms with E-state index in [4.69, 9.17) is 9.47 Å². The number of hydrogen-bond acceptors (Lipinski definition) is 3. The molecule has 0 radical (unpaired) electrons. The molecule has 3 heterocycles. The molecule has 0 bridgehead atoms. The van der Waals surface area contributed by atoms with Crippen molar-refractivity contribution in [2.45, 2.75) is 25.7 Å². The van der Waals surface area contributed by atoms with E-state index in [-0.39, 0.29) is 23.9 Å². The molecule has 6 heteroatoms. The standard InChI is InChI=1S/C24H25FN2O3/c25-20-9-3-1-7-18(20)16-27-21-10-4-2-6-17(21)14-22(27)23(28)26-11-5-8-19(15-26)24-29-12-13-30-24/h1-4,6-7,9-10,14,19,24H,5,8,11-13,15-16H2. The SMILES string of the molecule is O=C(c1cc2ccccc2n1Cc1ccccc1F)N1CCCC(C2OCCO2)C1. The van der Waals surface area contributed by atoms with Crippen LogP contribution in [0.4, 0.5) is 4.39 Å². The fourth-order valence-corrected chi connectivity index (χ4v) is 4.58. The number of rotatable bonds is 4. The lowest BCUT2D eigenvalue weighted by atomic mass is 9.97. The van der Waals surface area contributed by atoms with Gasteiger partial charge in [-0.15, -0.1) is 0 Å². The lowest BCUT2D eigenvalue weighted by Gasteiger charge is -2.34. The minimum absolute atomic E-state index is 0.0229. The van der Waals surface area contributed by atoms with Crippen molar-refractivity contribution in [2.75, 3.05) is 26.3 Å². The summed E-state index contributed by atoms with van der Waals surface area (Å²) in [7, 11) is 0. The molecule has 0 aliphatic carbocycles. The minimum Gasteiger partial charge on any atom is -0.350 e. The normalized spacial score (nSPS) is 20.2. The van der Waals surface area contributed by atoms with Crippen molar-refractivity contribution in [3.63, 3.8) is 0 Å². The van der Waals surface area contributed by atoms with Gasteiger partial charge in [-0.05, 0) is 31.0 Å². The van der Waals surface area contributed by atoms with E-state index in [9.17, 15) is 9.18 Å². The second kappa shape index (κ2) is 8.20. The predicted molar refractivity (Wildman–Crippen MR) is 112 cm³/mol. The fourth-order valence-electron chi connectivity index (χ4n) is 4.58. The molecule has 1 atom stereocenters. The highest BCUT2D eigenvalue weighted by atomic mass is 19.1. The summed E-state index contributed by atoms with van der Waals surface area (Å²) in [5.74, 6) is -0.0953. The second-order valence-electron chi connectivity index (χ2n) is 8.03. The van der Waals surface area contributed by atoms with Gasteiger partial charge < -0.3 is 18.9 Å². The van der Waals surface area contributed by atoms with Gasteiger partial charge in [-0.1, -0.05) is 36.4 Å². The van der Waals surface area contributed by atoms with Crippen LogP contribution < -0.4 is 0 Å². The van der Waals surface area contributed by atoms with E-state index < -0.39 is 0 Å². The summed E-state index contributed by atoms with van der Waals surface area (Å²) in [6.07, 6.45) is 1.70. The smallest absolute Gasteiger partial charge is 0.270 e. The number of nitrogens with zero attached hydrogens (tertiary/aromatic N) is 2. The number of halogens is 1. The van der Waals surface area contributed by atoms with Crippen molar-refractivity contribution < 1.29 is 18.7 Å². The third-order valence-corrected chi connectivity index (χ3v) is 6.09. The number of para-hydroxylation sites is 1. The molecule has 1 unspecified atom stereocenters. The summed E-state index contributed by atoms with van der Waals surface area (Å²) in [6.45, 7) is 2.87. The van der Waals surface area contributed by atoms with E-state index in [0.29, 0.717) is 44.1 Å². The summed E-state index contributed by atoms with van der Waals surface area (Å²) in [5.41, 5.74) is 2.09. The van der Waals surface area contributed by atoms with Gasteiger partial charge in [0, 0.05) is 35.5 Å². The molecule has 3 aromatic rings. The molecule has 0 spiro atoms. The topological polar surface area (TPSA) is 43.7 Å². The number of carbonyl (C=O) groups excluding carboxylic acids is 1. The Kier molecular flexibility index (Phi) is 5.27. The van der Waals surface area contributed by atoms with Gasteiger partial charge in [0.25, 0.3) is 5.91 Å². The van der Waals surface area contributed by atoms with E-state index in [1.165, 1.54) is 6.07 Å². The summed E-state index contributed by atoms with van der Waals surface area (Å²) in [6, 6.07) is 16.5. The maximum atomic E-state index is 14.4. The highest BCUT2D eigenvalue weighted by molar-refractivity contribution is 5.99. The van der Waals surface area contributed by atoms with E-state index in [1.54, 1.807) is 12.1 Å². The van der Waals surface area contributed by atoms with E-state index in [2.05, 4.69) is 0 Å². The van der Waals surface area contributed by atoms with Gasteiger partial charge in [0.1, 0.15) is 11.5 Å². The quantitative estimate of drug-likeness (QED) is 0.654. The van der Waals surface area contributed by atoms with Crippen LogP contribution >= 0.6 is 0 Å². The Morgan fingerprint density at radius 1 is 1.07 bits per heavy atom. The van der Waals surface area contributed by atoms with Crippen molar-refractivity contribution in [1.82, 2.24) is 9.47 Å². The first-order valence-corrected chi connectivity index (χ1v) is 10.5. The molecule has 2 aliphatic heterocycles. The molecular formula is C24H25FN2O3. The van der Waals surface area contributed by atoms with Crippen molar-refractivity contribution in [1.29, 1.82) is 0 Å². The number of likely N-dealkylation sites (tertiary alicyclic amines) is 1. The number of hydrogen-bond donors (Lipinski definition) is 0. The second-order valence-corrected chi connectivity index (χ2v) is 8.03. The van der Waals surface area contributed by atoms with Gasteiger partial charge in [-0.2, -0.15) is 0 Å². The summed E-state index contributed by atoms with van der Waals surface area (Å²) in [5, 5.41) is 0.980. The molecule has 2 fully saturated rings. The maximum absolute atomic E-state index is 14.4. The molecule has 5 rings (SSSR count). The number of benzene rings is 2. The van der Waals surface area contributed by atoms with Crippen LogP contribution in [0.25, 0.3) is 10.9 Å². The first-order chi connectivity index (χ1) is 14.7. The van der Waals surface area contributed by atoms with Crippen LogP contribution in [0.5, 0.6) is 0 Å². The molecule has 0 N–H and O–H groups in total. The Morgan fingerprint density at radius 3 is 2.67 bits per heavy atom. The molecule has 30 heavy (non-hydrogen) atoms. The zero-order valence-electron chi connectivity index (χ0n) is 16.8. The largest absolute Gasteiger partial charge is 0.350 e. The van der Waals surface area contributed by atoms with Crippen LogP contribution in [0.15, 0.2) is 54.6 Å². The lowest BCUT2D eigenvalue weighted by Crippen LogP contribution is -2.44. The zero-order chi connectivity index (χ0) is 20.5. The van der Waals surface area contributed by atoms with Crippen LogP contribution in [0.2, 0.25) is 0 Å². The van der Waals surface area contributed by atoms with Gasteiger partial charge >= 0.3 is 0 Å². The van der Waals surface area contributed by atoms with Crippen molar-refractivity contribution in [2.24, 2.45) is 5.92 Å². The summed E-state index contributed by atoms with van der Waals surface area (Å²) < 4.78 is 27.7. The highest BCUT2D eigenvalue weighted by Crippen LogP contribution is 2.28. The third kappa shape index (κ3) is 3.61. The molecular weight excluding hydrogens is 383 g/mol. The number of amides is 1. The average molecular weight is 408 g/mol. The molecule has 1 aromatic heterocycles. The number of carbonyl (C=O) groups is 1. The Hall–Kier alpha value is -2.70. The summed E-state index contributed by atoms with van der Waals surface area (Å²) in [4.78, 5) is 15.4. The zero-order valence-corrected chi connectivity index (χ0v) is 16.8. The van der Waals surface area contributed by atoms with Crippen LogP contribution in [0.3, 0.4) is 0 Å². The van der Waals surface area contributed by atoms with Crippen LogP contribution in [-0.4, -0.2) is 48.0 Å². The molecule has 1 amide bonds. The molecule has 5 nitrogen and oxygen atoms in total. The monoisotopic (exact) mass is 408 g/mol. The molecule has 2 saturated heterocycles. The first-order valence-electron chi connectivity index (χ1n) is 10.5. The van der Waals surface area contributed by atoms with E-state index in [1.807, 2.05) is 45.9 Å². The highest BCUT2D eigenvalue weighted by Gasteiger charge is 2.34. The van der Waals surface area contributed by atoms with Crippen LogP contribution in [0.1, 0.15) is 28.9 Å². The predicted octanol–water partition coefficient (Wildman–Crippen LogP) is 4.05. The summed E-state index contributed by atoms with van der Waals surface area (Å²) >= 11 is 0. The first kappa shape index (κ1) is 19.3. The van der Waals surface area contributed by atoms with Crippen LogP contribution in [-0.2, 0) is 16.0 Å². The minimum atomic E-state index is -0.262. The van der Waals surface area contributed by atoms with Gasteiger partial charge in [-0.3, -0.25) is 4.79 Å². The Balaban J connectivity index is 1.47. The van der Waals surface area contributed by atoms with E-state index in [0.717, 1.165) is 23.7 Å². The third-order valence-electron chi connectivity index (χ3n) is 6.09. The molecule has 2 aliphatic rings. The van der Waals surface area contributed by atoms with Gasteiger partial charge in [0.05, 0.1) is 19.8 Å².